The van der Waals surface area contributed by atoms with Crippen LogP contribution in [0.5, 0.6) is 0 Å². The second-order valence-corrected chi connectivity index (χ2v) is 7.64. The van der Waals surface area contributed by atoms with E-state index in [0.29, 0.717) is 11.2 Å². The summed E-state index contributed by atoms with van der Waals surface area (Å²) in [6.45, 7) is 1.84. The number of aromatic nitrogens is 3. The molecule has 0 aliphatic heterocycles. The van der Waals surface area contributed by atoms with Crippen molar-refractivity contribution >= 4 is 20.9 Å². The lowest BCUT2D eigenvalue weighted by atomic mass is 10.1. The molecule has 22 heavy (non-hydrogen) atoms. The average molecular weight is 312 g/mol. The minimum atomic E-state index is -3.31. The van der Waals surface area contributed by atoms with Crippen molar-refractivity contribution < 1.29 is 8.42 Å². The van der Waals surface area contributed by atoms with E-state index in [1.54, 1.807) is 24.7 Å². The molecule has 0 N–H and O–H groups in total. The van der Waals surface area contributed by atoms with Gasteiger partial charge in [-0.3, -0.25) is 9.97 Å². The normalized spacial score (nSPS) is 15.3. The molecule has 3 aromatic heterocycles. The van der Waals surface area contributed by atoms with Crippen molar-refractivity contribution in [2.24, 2.45) is 0 Å². The van der Waals surface area contributed by atoms with Gasteiger partial charge in [-0.05, 0) is 43.5 Å². The molecule has 1 aliphatic carbocycles. The number of aryl methyl sites for hydroxylation is 1. The Balaban J connectivity index is 2.01. The highest BCUT2D eigenvalue weighted by Crippen LogP contribution is 2.35. The minimum absolute atomic E-state index is 0.250. The van der Waals surface area contributed by atoms with Gasteiger partial charge in [-0.1, -0.05) is 0 Å². The lowest BCUT2D eigenvalue weighted by molar-refractivity contribution is 0.587. The van der Waals surface area contributed by atoms with E-state index in [2.05, 4.69) is 16.2 Å². The molecular formula is C16H14N3O2S. The molecule has 1 saturated carbocycles. The van der Waals surface area contributed by atoms with Crippen LogP contribution in [0.15, 0.2) is 36.8 Å². The molecule has 1 radical (unpaired) electrons. The van der Waals surface area contributed by atoms with E-state index in [-0.39, 0.29) is 5.25 Å². The third-order valence-electron chi connectivity index (χ3n) is 4.03. The summed E-state index contributed by atoms with van der Waals surface area (Å²) < 4.78 is 26.6. The van der Waals surface area contributed by atoms with E-state index in [1.165, 1.54) is 3.97 Å². The van der Waals surface area contributed by atoms with Crippen LogP contribution in [-0.2, 0) is 10.0 Å². The molecule has 4 rings (SSSR count). The Labute approximate surface area is 128 Å². The van der Waals surface area contributed by atoms with Gasteiger partial charge < -0.3 is 0 Å². The Morgan fingerprint density at radius 2 is 2.14 bits per heavy atom. The first-order valence-electron chi connectivity index (χ1n) is 7.12. The highest BCUT2D eigenvalue weighted by molar-refractivity contribution is 7.91. The second-order valence-electron chi connectivity index (χ2n) is 5.55. The number of hydrogen-bond acceptors (Lipinski definition) is 4. The first-order valence-corrected chi connectivity index (χ1v) is 8.63. The van der Waals surface area contributed by atoms with E-state index < -0.39 is 10.0 Å². The Bertz CT molecular complexity index is 958. The standard InChI is InChI=1S/C16H14N3O2S/c1-11-16-14(6-9-19(16)22(20,21)13-2-3-13)15(10-18-11)12-4-7-17-8-5-12/h4-7,9-10,13H,2-3H2,1H3. The van der Waals surface area contributed by atoms with Crippen LogP contribution >= 0.6 is 0 Å². The molecule has 0 aromatic carbocycles. The number of fused-ring (bicyclic) bond motifs is 1. The van der Waals surface area contributed by atoms with Crippen LogP contribution in [0.25, 0.3) is 22.0 Å². The maximum Gasteiger partial charge on any atom is 0.241 e. The fourth-order valence-corrected chi connectivity index (χ4v) is 4.50. The van der Waals surface area contributed by atoms with Gasteiger partial charge in [0.25, 0.3) is 0 Å². The summed E-state index contributed by atoms with van der Waals surface area (Å²) >= 11 is 0. The summed E-state index contributed by atoms with van der Waals surface area (Å²) in [5.41, 5.74) is 3.20. The highest BCUT2D eigenvalue weighted by Gasteiger charge is 2.37. The summed E-state index contributed by atoms with van der Waals surface area (Å²) in [5.74, 6) is 0. The second kappa shape index (κ2) is 4.64. The van der Waals surface area contributed by atoms with Crippen LogP contribution in [-0.4, -0.2) is 27.6 Å². The van der Waals surface area contributed by atoms with Gasteiger partial charge in [-0.2, -0.15) is 0 Å². The topological polar surface area (TPSA) is 64.8 Å². The van der Waals surface area contributed by atoms with Gasteiger partial charge in [0.1, 0.15) is 0 Å². The zero-order valence-corrected chi connectivity index (χ0v) is 12.8. The van der Waals surface area contributed by atoms with Crippen molar-refractivity contribution in [2.45, 2.75) is 25.0 Å². The number of rotatable bonds is 3. The first kappa shape index (κ1) is 13.5. The summed E-state index contributed by atoms with van der Waals surface area (Å²) in [7, 11) is -3.31. The lowest BCUT2D eigenvalue weighted by Crippen LogP contribution is -2.16. The molecule has 0 unspecified atom stereocenters. The fraction of sp³-hybridized carbons (Fsp3) is 0.250. The van der Waals surface area contributed by atoms with Crippen LogP contribution in [0, 0.1) is 13.1 Å². The fourth-order valence-electron chi connectivity index (χ4n) is 2.73. The van der Waals surface area contributed by atoms with Crippen molar-refractivity contribution in [2.75, 3.05) is 0 Å². The van der Waals surface area contributed by atoms with Crippen LogP contribution in [0.2, 0.25) is 0 Å². The number of pyridine rings is 2. The average Bonchev–Trinajstić information content (AvgIpc) is 3.28. The molecule has 3 heterocycles. The van der Waals surface area contributed by atoms with Gasteiger partial charge in [0.2, 0.25) is 10.0 Å². The van der Waals surface area contributed by atoms with Gasteiger partial charge in [-0.15, -0.1) is 0 Å². The predicted molar refractivity (Wildman–Crippen MR) is 83.9 cm³/mol. The van der Waals surface area contributed by atoms with Crippen LogP contribution in [0.4, 0.5) is 0 Å². The van der Waals surface area contributed by atoms with Gasteiger partial charge >= 0.3 is 0 Å². The van der Waals surface area contributed by atoms with Gasteiger partial charge in [0.15, 0.2) is 0 Å². The minimum Gasteiger partial charge on any atom is -0.259 e. The third kappa shape index (κ3) is 1.94. The number of hydrogen-bond donors (Lipinski definition) is 0. The molecular weight excluding hydrogens is 298 g/mol. The Kier molecular flexibility index (Phi) is 2.84. The molecule has 1 aliphatic rings. The van der Waals surface area contributed by atoms with Crippen molar-refractivity contribution in [3.63, 3.8) is 0 Å². The molecule has 0 spiro atoms. The van der Waals surface area contributed by atoms with Gasteiger partial charge in [0, 0.05) is 29.5 Å². The summed E-state index contributed by atoms with van der Waals surface area (Å²) in [4.78, 5) is 8.29. The van der Waals surface area contributed by atoms with Gasteiger partial charge in [-0.25, -0.2) is 12.4 Å². The summed E-state index contributed by atoms with van der Waals surface area (Å²) in [5, 5.41) is 0.636. The Morgan fingerprint density at radius 3 is 2.82 bits per heavy atom. The van der Waals surface area contributed by atoms with Crippen molar-refractivity contribution in [3.8, 4) is 11.1 Å². The monoisotopic (exact) mass is 312 g/mol. The zero-order valence-electron chi connectivity index (χ0n) is 12.0. The van der Waals surface area contributed by atoms with E-state index in [1.807, 2.05) is 19.1 Å². The van der Waals surface area contributed by atoms with Crippen LogP contribution < -0.4 is 0 Å². The molecule has 0 saturated heterocycles. The van der Waals surface area contributed by atoms with E-state index in [9.17, 15) is 8.42 Å². The van der Waals surface area contributed by atoms with E-state index >= 15 is 0 Å². The Hall–Kier alpha value is -2.21. The molecule has 5 nitrogen and oxygen atoms in total. The third-order valence-corrected chi connectivity index (χ3v) is 6.19. The maximum atomic E-state index is 12.6. The lowest BCUT2D eigenvalue weighted by Gasteiger charge is -2.09. The molecule has 111 valence electrons. The van der Waals surface area contributed by atoms with Crippen molar-refractivity contribution in [1.82, 2.24) is 13.9 Å². The molecule has 0 atom stereocenters. The molecule has 3 aromatic rings. The van der Waals surface area contributed by atoms with Crippen molar-refractivity contribution in [1.29, 1.82) is 0 Å². The van der Waals surface area contributed by atoms with E-state index in [4.69, 9.17) is 0 Å². The molecule has 0 bridgehead atoms. The smallest absolute Gasteiger partial charge is 0.241 e. The zero-order chi connectivity index (χ0) is 15.3. The van der Waals surface area contributed by atoms with Crippen molar-refractivity contribution in [3.05, 3.63) is 48.7 Å². The largest absolute Gasteiger partial charge is 0.259 e. The summed E-state index contributed by atoms with van der Waals surface area (Å²) in [6.07, 6.45) is 9.37. The van der Waals surface area contributed by atoms with Crippen LogP contribution in [0.1, 0.15) is 18.5 Å². The van der Waals surface area contributed by atoms with E-state index in [0.717, 1.165) is 29.4 Å². The molecule has 6 heteroatoms. The SMILES string of the molecule is Cc1ncc(-c2c[c]ncc2)c2ccn(S(=O)(=O)C3CC3)c12. The van der Waals surface area contributed by atoms with Gasteiger partial charge in [0.05, 0.1) is 22.7 Å². The maximum absolute atomic E-state index is 12.6. The quantitative estimate of drug-likeness (QED) is 0.745. The molecule has 1 fully saturated rings. The first-order chi connectivity index (χ1) is 10.6. The molecule has 0 amide bonds. The Morgan fingerprint density at radius 1 is 1.32 bits per heavy atom. The summed E-state index contributed by atoms with van der Waals surface area (Å²) in [6, 6.07) is 5.49. The number of nitrogens with zero attached hydrogens (tertiary/aromatic N) is 3. The predicted octanol–water partition coefficient (Wildman–Crippen LogP) is 2.55. The highest BCUT2D eigenvalue weighted by atomic mass is 32.2. The van der Waals surface area contributed by atoms with Crippen LogP contribution in [0.3, 0.4) is 0 Å².